The molecule has 0 unspecified atom stereocenters. The van der Waals surface area contributed by atoms with Crippen molar-refractivity contribution in [1.29, 1.82) is 0 Å². The van der Waals surface area contributed by atoms with Crippen LogP contribution < -0.4 is 9.64 Å². The summed E-state index contributed by atoms with van der Waals surface area (Å²) in [5, 5.41) is 0. The lowest BCUT2D eigenvalue weighted by Gasteiger charge is -2.31. The molecule has 0 aromatic carbocycles. The van der Waals surface area contributed by atoms with Crippen LogP contribution in [-0.4, -0.2) is 24.7 Å². The molecule has 0 spiro atoms. The third kappa shape index (κ3) is 1.46. The molecule has 1 aliphatic rings. The van der Waals surface area contributed by atoms with Gasteiger partial charge in [0.25, 0.3) is 0 Å². The first-order chi connectivity index (χ1) is 6.16. The number of rotatable bonds is 0. The summed E-state index contributed by atoms with van der Waals surface area (Å²) in [6, 6.07) is 2.11. The molecular weight excluding hydrogens is 164 g/mol. The highest BCUT2D eigenvalue weighted by Gasteiger charge is 2.20. The number of aryl methyl sites for hydroxylation is 1. The van der Waals surface area contributed by atoms with Gasteiger partial charge in [-0.2, -0.15) is 0 Å². The molecule has 0 saturated heterocycles. The van der Waals surface area contributed by atoms with Gasteiger partial charge in [-0.15, -0.1) is 0 Å². The standard InChI is InChI=1S/C10H14N2O/c1-7-4-9-10(11-5-7)13-8(2)6-12(9)3/h4-5,8H,6H2,1-3H3/t8-/m1/s1. The number of aromatic nitrogens is 1. The number of nitrogens with zero attached hydrogens (tertiary/aromatic N) is 2. The topological polar surface area (TPSA) is 25.4 Å². The number of fused-ring (bicyclic) bond motifs is 1. The molecule has 0 aliphatic carbocycles. The summed E-state index contributed by atoms with van der Waals surface area (Å²) < 4.78 is 5.60. The maximum absolute atomic E-state index is 5.60. The number of hydrogen-bond acceptors (Lipinski definition) is 3. The summed E-state index contributed by atoms with van der Waals surface area (Å²) in [5.41, 5.74) is 2.27. The van der Waals surface area contributed by atoms with Crippen molar-refractivity contribution >= 4 is 5.69 Å². The van der Waals surface area contributed by atoms with E-state index in [9.17, 15) is 0 Å². The molecule has 1 aromatic heterocycles. The molecule has 0 radical (unpaired) electrons. The molecule has 0 saturated carbocycles. The number of likely N-dealkylation sites (N-methyl/N-ethyl adjacent to an activating group) is 1. The summed E-state index contributed by atoms with van der Waals surface area (Å²) in [4.78, 5) is 6.44. The Labute approximate surface area is 78.3 Å². The molecule has 3 heteroatoms. The second-order valence-electron chi connectivity index (χ2n) is 3.65. The quantitative estimate of drug-likeness (QED) is 0.603. The van der Waals surface area contributed by atoms with Crippen LogP contribution in [0.3, 0.4) is 0 Å². The van der Waals surface area contributed by atoms with E-state index in [0.717, 1.165) is 18.1 Å². The number of hydrogen-bond donors (Lipinski definition) is 0. The number of anilines is 1. The van der Waals surface area contributed by atoms with Crippen LogP contribution in [0.15, 0.2) is 12.3 Å². The van der Waals surface area contributed by atoms with Crippen molar-refractivity contribution in [2.45, 2.75) is 20.0 Å². The van der Waals surface area contributed by atoms with Crippen LogP contribution in [-0.2, 0) is 0 Å². The molecule has 13 heavy (non-hydrogen) atoms. The third-order valence-electron chi connectivity index (χ3n) is 2.22. The molecule has 0 amide bonds. The lowest BCUT2D eigenvalue weighted by molar-refractivity contribution is 0.206. The predicted molar refractivity (Wildman–Crippen MR) is 52.3 cm³/mol. The van der Waals surface area contributed by atoms with Crippen LogP contribution >= 0.6 is 0 Å². The van der Waals surface area contributed by atoms with Gasteiger partial charge in [0, 0.05) is 13.2 Å². The highest BCUT2D eigenvalue weighted by Crippen LogP contribution is 2.30. The van der Waals surface area contributed by atoms with E-state index in [1.165, 1.54) is 5.56 Å². The third-order valence-corrected chi connectivity index (χ3v) is 2.22. The summed E-state index contributed by atoms with van der Waals surface area (Å²) in [6.45, 7) is 5.03. The second-order valence-corrected chi connectivity index (χ2v) is 3.65. The molecule has 0 N–H and O–H groups in total. The summed E-state index contributed by atoms with van der Waals surface area (Å²) >= 11 is 0. The molecule has 1 aliphatic heterocycles. The zero-order valence-corrected chi connectivity index (χ0v) is 8.24. The Balaban J connectivity index is 2.43. The van der Waals surface area contributed by atoms with Crippen molar-refractivity contribution < 1.29 is 4.74 Å². The van der Waals surface area contributed by atoms with E-state index in [4.69, 9.17) is 4.74 Å². The molecule has 1 aromatic rings. The summed E-state index contributed by atoms with van der Waals surface area (Å²) in [6.07, 6.45) is 2.07. The Morgan fingerprint density at radius 1 is 1.62 bits per heavy atom. The largest absolute Gasteiger partial charge is 0.471 e. The number of ether oxygens (including phenoxy) is 1. The average Bonchev–Trinajstić information content (AvgIpc) is 2.06. The van der Waals surface area contributed by atoms with Crippen LogP contribution in [0.5, 0.6) is 5.88 Å². The molecule has 70 valence electrons. The van der Waals surface area contributed by atoms with Crippen LogP contribution in [0.1, 0.15) is 12.5 Å². The van der Waals surface area contributed by atoms with Crippen LogP contribution in [0.25, 0.3) is 0 Å². The summed E-state index contributed by atoms with van der Waals surface area (Å²) in [7, 11) is 2.07. The molecular formula is C10H14N2O. The van der Waals surface area contributed by atoms with Gasteiger partial charge in [-0.05, 0) is 25.5 Å². The predicted octanol–water partition coefficient (Wildman–Crippen LogP) is 1.61. The van der Waals surface area contributed by atoms with Gasteiger partial charge in [0.05, 0.1) is 6.54 Å². The van der Waals surface area contributed by atoms with Crippen molar-refractivity contribution in [1.82, 2.24) is 4.98 Å². The zero-order valence-electron chi connectivity index (χ0n) is 8.24. The van der Waals surface area contributed by atoms with Crippen molar-refractivity contribution in [2.24, 2.45) is 0 Å². The SMILES string of the molecule is Cc1cnc2c(c1)N(C)C[C@@H](C)O2. The Morgan fingerprint density at radius 2 is 2.38 bits per heavy atom. The zero-order chi connectivity index (χ0) is 9.42. The molecule has 1 atom stereocenters. The van der Waals surface area contributed by atoms with E-state index in [2.05, 4.69) is 29.9 Å². The fourth-order valence-electron chi connectivity index (χ4n) is 1.62. The first kappa shape index (κ1) is 8.35. The molecule has 0 bridgehead atoms. The lowest BCUT2D eigenvalue weighted by atomic mass is 10.2. The minimum atomic E-state index is 0.229. The molecule has 3 nitrogen and oxygen atoms in total. The van der Waals surface area contributed by atoms with E-state index < -0.39 is 0 Å². The van der Waals surface area contributed by atoms with E-state index in [0.29, 0.717) is 0 Å². The van der Waals surface area contributed by atoms with E-state index >= 15 is 0 Å². The van der Waals surface area contributed by atoms with E-state index in [1.807, 2.05) is 13.1 Å². The monoisotopic (exact) mass is 178 g/mol. The average molecular weight is 178 g/mol. The summed E-state index contributed by atoms with van der Waals surface area (Å²) in [5.74, 6) is 0.756. The highest BCUT2D eigenvalue weighted by molar-refractivity contribution is 5.57. The first-order valence-electron chi connectivity index (χ1n) is 4.51. The van der Waals surface area contributed by atoms with Crippen LogP contribution in [0.4, 0.5) is 5.69 Å². The minimum absolute atomic E-state index is 0.229. The maximum atomic E-state index is 5.60. The first-order valence-corrected chi connectivity index (χ1v) is 4.51. The molecule has 0 fully saturated rings. The maximum Gasteiger partial charge on any atom is 0.237 e. The Kier molecular flexibility index (Phi) is 1.87. The van der Waals surface area contributed by atoms with Gasteiger partial charge < -0.3 is 9.64 Å². The Morgan fingerprint density at radius 3 is 3.15 bits per heavy atom. The second kappa shape index (κ2) is 2.91. The van der Waals surface area contributed by atoms with E-state index in [1.54, 1.807) is 0 Å². The molecule has 2 heterocycles. The van der Waals surface area contributed by atoms with Gasteiger partial charge in [-0.25, -0.2) is 4.98 Å². The fourth-order valence-corrected chi connectivity index (χ4v) is 1.62. The van der Waals surface area contributed by atoms with Crippen molar-refractivity contribution in [3.05, 3.63) is 17.8 Å². The van der Waals surface area contributed by atoms with Gasteiger partial charge in [0.2, 0.25) is 5.88 Å². The van der Waals surface area contributed by atoms with Crippen molar-refractivity contribution in [2.75, 3.05) is 18.5 Å². The molecule has 2 rings (SSSR count). The minimum Gasteiger partial charge on any atom is -0.471 e. The van der Waals surface area contributed by atoms with Gasteiger partial charge in [0.15, 0.2) is 0 Å². The van der Waals surface area contributed by atoms with Gasteiger partial charge in [0.1, 0.15) is 11.8 Å². The van der Waals surface area contributed by atoms with Crippen molar-refractivity contribution in [3.63, 3.8) is 0 Å². The Hall–Kier alpha value is -1.25. The smallest absolute Gasteiger partial charge is 0.237 e. The Bertz CT molecular complexity index is 325. The van der Waals surface area contributed by atoms with Gasteiger partial charge >= 0.3 is 0 Å². The van der Waals surface area contributed by atoms with E-state index in [-0.39, 0.29) is 6.10 Å². The highest BCUT2D eigenvalue weighted by atomic mass is 16.5. The van der Waals surface area contributed by atoms with Crippen LogP contribution in [0.2, 0.25) is 0 Å². The van der Waals surface area contributed by atoms with Gasteiger partial charge in [-0.1, -0.05) is 0 Å². The normalized spacial score (nSPS) is 20.8. The number of pyridine rings is 1. The van der Waals surface area contributed by atoms with Gasteiger partial charge in [-0.3, -0.25) is 0 Å². The van der Waals surface area contributed by atoms with Crippen LogP contribution in [0, 0.1) is 6.92 Å². The fraction of sp³-hybridized carbons (Fsp3) is 0.500. The lowest BCUT2D eigenvalue weighted by Crippen LogP contribution is -2.36. The van der Waals surface area contributed by atoms with Crippen molar-refractivity contribution in [3.8, 4) is 5.88 Å².